The summed E-state index contributed by atoms with van der Waals surface area (Å²) in [6.45, 7) is 6.69. The molecule has 0 aliphatic heterocycles. The minimum absolute atomic E-state index is 0.0664. The SMILES string of the molecule is CCCCCCCCCC/C=C\CCCCCCCCCCCCCCCC(=O)OCC(COC(=O)CCCCCCCCCCC)OC(=O)CCCCCCCCCCCCC/C=C\CCCCCCCCCC. The van der Waals surface area contributed by atoms with Crippen molar-refractivity contribution in [3.05, 3.63) is 24.3 Å². The first-order valence-electron chi connectivity index (χ1n) is 33.8. The summed E-state index contributed by atoms with van der Waals surface area (Å²) in [5.74, 6) is -0.844. The Morgan fingerprint density at radius 1 is 0.253 bits per heavy atom. The number of esters is 3. The number of unbranched alkanes of at least 4 members (excludes halogenated alkanes) is 48. The predicted molar refractivity (Wildman–Crippen MR) is 326 cm³/mol. The number of allylic oxidation sites excluding steroid dienone is 4. The molecule has 6 nitrogen and oxygen atoms in total. The smallest absolute Gasteiger partial charge is 0.306 e. The van der Waals surface area contributed by atoms with E-state index in [1.165, 1.54) is 283 Å². The van der Waals surface area contributed by atoms with Gasteiger partial charge < -0.3 is 14.2 Å². The molecule has 0 aliphatic rings. The molecule has 6 heteroatoms. The molecule has 0 aromatic rings. The van der Waals surface area contributed by atoms with Gasteiger partial charge in [0, 0.05) is 19.3 Å². The largest absolute Gasteiger partial charge is 0.462 e. The number of hydrogen-bond acceptors (Lipinski definition) is 6. The van der Waals surface area contributed by atoms with Crippen molar-refractivity contribution in [3.63, 3.8) is 0 Å². The fraction of sp³-hybridized carbons (Fsp3) is 0.899. The molecular formula is C69H130O6. The maximum atomic E-state index is 12.9. The minimum atomic E-state index is -0.768. The van der Waals surface area contributed by atoms with Crippen molar-refractivity contribution in [2.45, 2.75) is 386 Å². The van der Waals surface area contributed by atoms with Crippen molar-refractivity contribution in [2.24, 2.45) is 0 Å². The molecule has 0 fully saturated rings. The third-order valence-corrected chi connectivity index (χ3v) is 15.4. The van der Waals surface area contributed by atoms with Crippen molar-refractivity contribution in [1.82, 2.24) is 0 Å². The lowest BCUT2D eigenvalue weighted by Gasteiger charge is -2.18. The lowest BCUT2D eigenvalue weighted by molar-refractivity contribution is -0.167. The van der Waals surface area contributed by atoms with Crippen LogP contribution >= 0.6 is 0 Å². The van der Waals surface area contributed by atoms with Crippen molar-refractivity contribution >= 4 is 17.9 Å². The van der Waals surface area contributed by atoms with Gasteiger partial charge in [-0.2, -0.15) is 0 Å². The highest BCUT2D eigenvalue weighted by molar-refractivity contribution is 5.71. The summed E-state index contributed by atoms with van der Waals surface area (Å²) >= 11 is 0. The molecule has 0 radical (unpaired) electrons. The highest BCUT2D eigenvalue weighted by Crippen LogP contribution is 2.18. The van der Waals surface area contributed by atoms with Crippen LogP contribution in [0.2, 0.25) is 0 Å². The summed E-state index contributed by atoms with van der Waals surface area (Å²) < 4.78 is 16.9. The fourth-order valence-electron chi connectivity index (χ4n) is 10.3. The molecule has 0 saturated heterocycles. The van der Waals surface area contributed by atoms with Crippen molar-refractivity contribution < 1.29 is 28.6 Å². The van der Waals surface area contributed by atoms with Gasteiger partial charge in [0.15, 0.2) is 6.10 Å². The predicted octanol–water partition coefficient (Wildman–Crippen LogP) is 23.0. The van der Waals surface area contributed by atoms with E-state index >= 15 is 0 Å². The average Bonchev–Trinajstić information content (AvgIpc) is 3.41. The van der Waals surface area contributed by atoms with Crippen LogP contribution in [0.25, 0.3) is 0 Å². The molecule has 0 saturated carbocycles. The maximum Gasteiger partial charge on any atom is 0.306 e. The zero-order valence-corrected chi connectivity index (χ0v) is 50.8. The Labute approximate surface area is 468 Å². The molecule has 0 rings (SSSR count). The fourth-order valence-corrected chi connectivity index (χ4v) is 10.3. The molecule has 1 unspecified atom stereocenters. The van der Waals surface area contributed by atoms with Crippen LogP contribution in [-0.2, 0) is 28.6 Å². The summed E-state index contributed by atoms with van der Waals surface area (Å²) in [4.78, 5) is 38.2. The Morgan fingerprint density at radius 2 is 0.440 bits per heavy atom. The Hall–Kier alpha value is -2.11. The average molecular weight is 1060 g/mol. The van der Waals surface area contributed by atoms with Crippen molar-refractivity contribution in [3.8, 4) is 0 Å². The van der Waals surface area contributed by atoms with Gasteiger partial charge in [0.2, 0.25) is 0 Å². The van der Waals surface area contributed by atoms with E-state index in [4.69, 9.17) is 14.2 Å². The maximum absolute atomic E-state index is 12.9. The number of ether oxygens (including phenoxy) is 3. The number of carbonyl (C=O) groups excluding carboxylic acids is 3. The molecule has 0 N–H and O–H groups in total. The Kier molecular flexibility index (Phi) is 62.6. The van der Waals surface area contributed by atoms with Crippen molar-refractivity contribution in [1.29, 1.82) is 0 Å². The van der Waals surface area contributed by atoms with Gasteiger partial charge in [-0.25, -0.2) is 0 Å². The van der Waals surface area contributed by atoms with Crippen LogP contribution in [-0.4, -0.2) is 37.2 Å². The van der Waals surface area contributed by atoms with E-state index in [2.05, 4.69) is 45.1 Å². The van der Waals surface area contributed by atoms with Crippen molar-refractivity contribution in [2.75, 3.05) is 13.2 Å². The molecule has 0 aliphatic carbocycles. The van der Waals surface area contributed by atoms with Gasteiger partial charge in [0.25, 0.3) is 0 Å². The lowest BCUT2D eigenvalue weighted by atomic mass is 10.0. The molecule has 0 aromatic carbocycles. The second-order valence-corrected chi connectivity index (χ2v) is 23.1. The van der Waals surface area contributed by atoms with E-state index in [1.54, 1.807) is 0 Å². The third kappa shape index (κ3) is 62.6. The van der Waals surface area contributed by atoms with Crippen LogP contribution in [0.15, 0.2) is 24.3 Å². The lowest BCUT2D eigenvalue weighted by Crippen LogP contribution is -2.30. The van der Waals surface area contributed by atoms with Gasteiger partial charge in [-0.3, -0.25) is 14.4 Å². The molecule has 1 atom stereocenters. The van der Waals surface area contributed by atoms with Crippen LogP contribution < -0.4 is 0 Å². The minimum Gasteiger partial charge on any atom is -0.462 e. The summed E-state index contributed by atoms with van der Waals surface area (Å²) in [5.41, 5.74) is 0. The molecule has 0 spiro atoms. The molecular weight excluding hydrogens is 925 g/mol. The molecule has 75 heavy (non-hydrogen) atoms. The van der Waals surface area contributed by atoms with Gasteiger partial charge in [-0.1, -0.05) is 315 Å². The summed E-state index contributed by atoms with van der Waals surface area (Å²) in [6, 6.07) is 0. The quantitative estimate of drug-likeness (QED) is 0.0261. The van der Waals surface area contributed by atoms with Gasteiger partial charge in [-0.15, -0.1) is 0 Å². The summed E-state index contributed by atoms with van der Waals surface area (Å²) in [5, 5.41) is 0. The standard InChI is InChI=1S/C69H130O6/c1-4-7-10-13-16-19-21-23-25-27-29-31-33-34-36-37-39-41-43-45-47-50-53-56-59-62-68(71)74-65-66(64-73-67(70)61-58-55-52-49-18-15-12-9-6-3)75-69(72)63-60-57-54-51-48-46-44-42-40-38-35-32-30-28-26-24-22-20-17-14-11-8-5-2/h27-30,66H,4-26,31-65H2,1-3H3/b29-27-,30-28-. The van der Waals surface area contributed by atoms with Crippen LogP contribution in [0.3, 0.4) is 0 Å². The Bertz CT molecular complexity index is 1210. The van der Waals surface area contributed by atoms with E-state index in [9.17, 15) is 14.4 Å². The summed E-state index contributed by atoms with van der Waals surface area (Å²) in [6.07, 6.45) is 77.8. The van der Waals surface area contributed by atoms with Gasteiger partial charge in [0.1, 0.15) is 13.2 Å². The van der Waals surface area contributed by atoms with Gasteiger partial charge in [-0.05, 0) is 70.6 Å². The first-order valence-corrected chi connectivity index (χ1v) is 33.8. The zero-order chi connectivity index (χ0) is 54.3. The van der Waals surface area contributed by atoms with E-state index in [0.717, 1.165) is 57.8 Å². The molecule has 0 amide bonds. The normalized spacial score (nSPS) is 12.1. The van der Waals surface area contributed by atoms with E-state index in [1.807, 2.05) is 0 Å². The van der Waals surface area contributed by atoms with Crippen LogP contribution in [0, 0.1) is 0 Å². The second kappa shape index (κ2) is 64.4. The highest BCUT2D eigenvalue weighted by Gasteiger charge is 2.19. The third-order valence-electron chi connectivity index (χ3n) is 15.4. The first-order chi connectivity index (χ1) is 37.0. The number of rotatable bonds is 63. The molecule has 0 heterocycles. The van der Waals surface area contributed by atoms with E-state index in [0.29, 0.717) is 19.3 Å². The second-order valence-electron chi connectivity index (χ2n) is 23.1. The van der Waals surface area contributed by atoms with Crippen LogP contribution in [0.5, 0.6) is 0 Å². The van der Waals surface area contributed by atoms with Crippen LogP contribution in [0.4, 0.5) is 0 Å². The van der Waals surface area contributed by atoms with Gasteiger partial charge >= 0.3 is 17.9 Å². The Morgan fingerprint density at radius 3 is 0.667 bits per heavy atom. The Balaban J connectivity index is 4.13. The topological polar surface area (TPSA) is 78.9 Å². The van der Waals surface area contributed by atoms with Gasteiger partial charge in [0.05, 0.1) is 0 Å². The molecule has 0 bridgehead atoms. The number of hydrogen-bond donors (Lipinski definition) is 0. The molecule has 0 aromatic heterocycles. The number of carbonyl (C=O) groups is 3. The zero-order valence-electron chi connectivity index (χ0n) is 50.8. The van der Waals surface area contributed by atoms with E-state index < -0.39 is 6.10 Å². The highest BCUT2D eigenvalue weighted by atomic mass is 16.6. The first kappa shape index (κ1) is 72.9. The monoisotopic (exact) mass is 1050 g/mol. The summed E-state index contributed by atoms with van der Waals surface area (Å²) in [7, 11) is 0. The van der Waals surface area contributed by atoms with Crippen LogP contribution in [0.1, 0.15) is 380 Å². The molecule has 442 valence electrons. The van der Waals surface area contributed by atoms with E-state index in [-0.39, 0.29) is 31.1 Å².